The minimum Gasteiger partial charge on any atom is -0.491 e. The maximum absolute atomic E-state index is 13.6. The highest BCUT2D eigenvalue weighted by molar-refractivity contribution is 7.15. The van der Waals surface area contributed by atoms with Crippen molar-refractivity contribution in [3.8, 4) is 10.8 Å². The normalized spacial score (nSPS) is 12.2. The summed E-state index contributed by atoms with van der Waals surface area (Å²) in [5.74, 6) is -2.13. The molecule has 0 spiro atoms. The topological polar surface area (TPSA) is 479 Å². The molecule has 8 aromatic heterocycles. The second-order valence-corrected chi connectivity index (χ2v) is 32.5. The quantitative estimate of drug-likeness (QED) is 0.0183. The highest BCUT2D eigenvalue weighted by Crippen LogP contribution is 2.40. The summed E-state index contributed by atoms with van der Waals surface area (Å²) in [6.45, 7) is 14.1. The van der Waals surface area contributed by atoms with Crippen LogP contribution < -0.4 is 57.9 Å². The zero-order chi connectivity index (χ0) is 94.2. The molecule has 42 nitrogen and oxygen atoms in total. The molecule has 2 aromatic carbocycles. The van der Waals surface area contributed by atoms with Crippen molar-refractivity contribution < 1.29 is 85.8 Å². The van der Waals surface area contributed by atoms with Crippen LogP contribution in [-0.2, 0) is 94.6 Å². The van der Waals surface area contributed by atoms with Gasteiger partial charge in [-0.3, -0.25) is 57.5 Å². The Kier molecular flexibility index (Phi) is 37.5. The molecule has 0 aliphatic carbocycles. The number of aliphatic imine (C=N–C) groups is 1. The molecule has 0 bridgehead atoms. The first-order valence-electron chi connectivity index (χ1n) is 42.9. The number of imidazole rings is 3. The van der Waals surface area contributed by atoms with Crippen LogP contribution in [0.25, 0.3) is 5.00 Å². The van der Waals surface area contributed by atoms with Gasteiger partial charge in [0.1, 0.15) is 46.3 Å². The van der Waals surface area contributed by atoms with Gasteiger partial charge >= 0.3 is 0 Å². The Morgan fingerprint density at radius 2 is 0.894 bits per heavy atom. The van der Waals surface area contributed by atoms with Gasteiger partial charge in [-0.05, 0) is 114 Å². The van der Waals surface area contributed by atoms with Gasteiger partial charge in [0.15, 0.2) is 23.3 Å². The highest BCUT2D eigenvalue weighted by Gasteiger charge is 2.34. The second-order valence-electron chi connectivity index (χ2n) is 30.8. The van der Waals surface area contributed by atoms with E-state index in [1.165, 1.54) is 60.1 Å². The van der Waals surface area contributed by atoms with Crippen LogP contribution in [0.15, 0.2) is 115 Å². The summed E-state index contributed by atoms with van der Waals surface area (Å²) in [5, 5.41) is 38.1. The van der Waals surface area contributed by atoms with Gasteiger partial charge in [0.25, 0.3) is 35.4 Å². The summed E-state index contributed by atoms with van der Waals surface area (Å²) >= 11 is 7.92. The van der Waals surface area contributed by atoms with E-state index in [0.717, 1.165) is 46.2 Å². The van der Waals surface area contributed by atoms with Crippen LogP contribution in [0, 0.1) is 20.8 Å². The molecule has 9 heterocycles. The molecule has 10 aromatic rings. The van der Waals surface area contributed by atoms with Crippen LogP contribution in [-0.4, -0.2) is 272 Å². The monoisotopic (exact) mass is 1860 g/mol. The summed E-state index contributed by atoms with van der Waals surface area (Å²) in [6, 6.07) is 18.6. The number of carbonyl (C=O) groups excluding carboxylic acids is 10. The fraction of sp³-hybridized carbons (Fsp3) is 0.432. The van der Waals surface area contributed by atoms with Crippen LogP contribution in [0.2, 0.25) is 5.02 Å². The molecule has 0 saturated carbocycles. The largest absolute Gasteiger partial charge is 0.491 e. The molecule has 0 fully saturated rings. The van der Waals surface area contributed by atoms with Crippen LogP contribution in [0.5, 0.6) is 5.75 Å². The predicted molar refractivity (Wildman–Crippen MR) is 492 cm³/mol. The molecule has 0 saturated heterocycles. The van der Waals surface area contributed by atoms with Crippen molar-refractivity contribution in [3.63, 3.8) is 0 Å². The maximum atomic E-state index is 13.6. The number of carbonyl (C=O) groups is 10. The van der Waals surface area contributed by atoms with Gasteiger partial charge < -0.3 is 123 Å². The van der Waals surface area contributed by atoms with E-state index in [0.29, 0.717) is 158 Å². The zero-order valence-corrected chi connectivity index (χ0v) is 77.0. The number of rotatable bonds is 54. The number of hydrogen-bond acceptors (Lipinski definition) is 26. The van der Waals surface area contributed by atoms with Crippen molar-refractivity contribution in [2.75, 3.05) is 177 Å². The molecule has 1 atom stereocenters. The maximum Gasteiger partial charge on any atom is 0.291 e. The molecule has 1 aliphatic heterocycles. The zero-order valence-electron chi connectivity index (χ0n) is 75.5. The summed E-state index contributed by atoms with van der Waals surface area (Å²) in [6.07, 6.45) is 12.1. The number of fused-ring (bicyclic) bond motifs is 3. The molecule has 0 radical (unpaired) electrons. The lowest BCUT2D eigenvalue weighted by atomic mass is 9.99. The number of amides is 10. The van der Waals surface area contributed by atoms with E-state index in [4.69, 9.17) is 54.5 Å². The Morgan fingerprint density at radius 1 is 0.447 bits per heavy atom. The van der Waals surface area contributed by atoms with Crippen molar-refractivity contribution in [1.82, 2.24) is 83.3 Å². The molecular formula is C88H113ClN24O18S. The standard InChI is InChI=1S/C88H113ClN24O18S/c1-56-57(2)132-88-76(56)77(59-13-15-60(89)16-14-59)99-66(78-105-104-58(3)113(78)88)50-75(117)95-61-17-19-65(20-18-61)131-46-45-130-44-43-129-42-41-128-40-39-127-38-37-126-36-35-125-34-33-124-32-23-72(114)90-24-11-29-106(4)30-12-25-92-82(118)67-48-63(52-108(67)6)97-86(122)80-102-70(54-111(80)9)100-74(116)22-27-94-84(120)69-49-64(53-110(69)8)98-87(123)81-103-71(55-112(81)10)101-73(115)21-26-93-83(119)68-47-62(51-109(68)7)96-85(121)79-91-28-31-107(79)5/h13-20,28,31,47-49,51-55,66H,11-12,21-27,29-30,32-46,50H2,1-10H3,(H,90,114)(H,92,118)(H,93,119)(H,94,120)(H,95,117)(H,96,121)(H,97,122)(H,98,123)(H,100,116)(H,101,115). The molecule has 44 heteroatoms. The second kappa shape index (κ2) is 49.8. The van der Waals surface area contributed by atoms with Crippen molar-refractivity contribution in [3.05, 3.63) is 183 Å². The first kappa shape index (κ1) is 99.5. The highest BCUT2D eigenvalue weighted by atomic mass is 35.5. The van der Waals surface area contributed by atoms with E-state index in [1.54, 1.807) is 112 Å². The van der Waals surface area contributed by atoms with Crippen LogP contribution in [0.1, 0.15) is 141 Å². The molecular weight excluding hydrogens is 1750 g/mol. The van der Waals surface area contributed by atoms with Crippen molar-refractivity contribution >= 4 is 122 Å². The average molecular weight is 1860 g/mol. The van der Waals surface area contributed by atoms with Crippen molar-refractivity contribution in [1.29, 1.82) is 0 Å². The lowest BCUT2D eigenvalue weighted by Gasteiger charge is -2.17. The lowest BCUT2D eigenvalue weighted by molar-refractivity contribution is -0.122. The van der Waals surface area contributed by atoms with Crippen LogP contribution in [0.4, 0.5) is 34.4 Å². The van der Waals surface area contributed by atoms with Gasteiger partial charge in [0.05, 0.1) is 122 Å². The van der Waals surface area contributed by atoms with E-state index in [1.807, 2.05) is 42.8 Å². The van der Waals surface area contributed by atoms with Crippen molar-refractivity contribution in [2.45, 2.75) is 65.3 Å². The summed E-state index contributed by atoms with van der Waals surface area (Å²) in [7, 11) is 11.7. The van der Waals surface area contributed by atoms with E-state index < -0.39 is 47.4 Å². The van der Waals surface area contributed by atoms with Gasteiger partial charge in [0.2, 0.25) is 35.3 Å². The number of thiophene rings is 1. The molecule has 10 amide bonds. The number of aromatic nitrogens is 12. The number of nitrogens with one attached hydrogen (secondary N) is 10. The summed E-state index contributed by atoms with van der Waals surface area (Å²) < 4.78 is 56.0. The third-order valence-corrected chi connectivity index (χ3v) is 22.0. The van der Waals surface area contributed by atoms with E-state index in [-0.39, 0.29) is 109 Å². The van der Waals surface area contributed by atoms with Crippen LogP contribution in [0.3, 0.4) is 0 Å². The molecule has 11 rings (SSSR count). The van der Waals surface area contributed by atoms with Gasteiger partial charge in [-0.1, -0.05) is 23.7 Å². The molecule has 132 heavy (non-hydrogen) atoms. The molecule has 1 unspecified atom stereocenters. The Balaban J connectivity index is 0.441. The van der Waals surface area contributed by atoms with E-state index in [2.05, 4.69) is 97.1 Å². The van der Waals surface area contributed by atoms with E-state index >= 15 is 0 Å². The minimum atomic E-state index is -0.643. The summed E-state index contributed by atoms with van der Waals surface area (Å²) in [4.78, 5) is 152. The number of nitrogens with zero attached hydrogens (tertiary/aromatic N) is 14. The lowest BCUT2D eigenvalue weighted by Crippen LogP contribution is -2.31. The van der Waals surface area contributed by atoms with Gasteiger partial charge in [0, 0.05) is 158 Å². The predicted octanol–water partition coefficient (Wildman–Crippen LogP) is 6.46. The number of anilines is 6. The summed E-state index contributed by atoms with van der Waals surface area (Å²) in [5.41, 5.74) is 6.11. The third kappa shape index (κ3) is 29.4. The number of halogens is 1. The number of benzene rings is 2. The average Bonchev–Trinajstić information content (AvgIpc) is 1.59. The fourth-order valence-corrected chi connectivity index (χ4v) is 15.1. The van der Waals surface area contributed by atoms with Gasteiger partial charge in [-0.15, -0.1) is 21.5 Å². The fourth-order valence-electron chi connectivity index (χ4n) is 13.7. The first-order chi connectivity index (χ1) is 63.6. The Labute approximate surface area is 770 Å². The number of ether oxygens (including phenoxy) is 8. The molecule has 1 aliphatic rings. The van der Waals surface area contributed by atoms with Crippen LogP contribution >= 0.6 is 22.9 Å². The number of aryl methyl sites for hydroxylation is 8. The number of hydrogen-bond donors (Lipinski definition) is 10. The Bertz CT molecular complexity index is 5650. The SMILES string of the molecule is Cc1sc2c(c1C)C(c1ccc(Cl)cc1)=NC(CC(=O)Nc1ccc(OCCOCCOCCOCCOCCOCCOCCOCCC(=O)NCCCN(C)CCCNC(=O)c3cc(NC(=O)c4nc(NC(=O)CCNC(=O)c5cc(NC(=O)c6nc(NC(=O)CCNC(=O)c7cc(NC(=O)c8nccn8C)cn7C)cn6C)cn5C)cn4C)cn3C)cc1)c1nnc(C)n1-2. The molecule has 10 N–H and O–H groups in total. The third-order valence-electron chi connectivity index (χ3n) is 20.6. The van der Waals surface area contributed by atoms with Gasteiger partial charge in [-0.2, -0.15) is 0 Å². The van der Waals surface area contributed by atoms with E-state index in [9.17, 15) is 47.9 Å². The van der Waals surface area contributed by atoms with Gasteiger partial charge in [-0.25, -0.2) is 15.0 Å². The molecule has 706 valence electrons. The minimum absolute atomic E-state index is 0.0306. The first-order valence-corrected chi connectivity index (χ1v) is 44.1. The van der Waals surface area contributed by atoms with Crippen molar-refractivity contribution in [2.24, 2.45) is 47.3 Å². The Hall–Kier alpha value is -13.1. The Morgan fingerprint density at radius 3 is 1.36 bits per heavy atom. The smallest absolute Gasteiger partial charge is 0.291 e.